The van der Waals surface area contributed by atoms with Gasteiger partial charge >= 0.3 is 6.18 Å². The maximum atomic E-state index is 13.9. The highest BCUT2D eigenvalue weighted by Crippen LogP contribution is 2.36. The van der Waals surface area contributed by atoms with Gasteiger partial charge in [0.2, 0.25) is 0 Å². The van der Waals surface area contributed by atoms with Crippen molar-refractivity contribution in [3.05, 3.63) is 89.6 Å². The number of carbonyl (C=O) groups excluding carboxylic acids is 1. The van der Waals surface area contributed by atoms with Crippen LogP contribution in [0.1, 0.15) is 33.2 Å². The summed E-state index contributed by atoms with van der Waals surface area (Å²) in [6.45, 7) is 3.48. The number of rotatable bonds is 5. The van der Waals surface area contributed by atoms with Crippen molar-refractivity contribution >= 4 is 23.1 Å². The molecule has 0 aliphatic rings. The molecule has 9 nitrogen and oxygen atoms in total. The summed E-state index contributed by atoms with van der Waals surface area (Å²) >= 11 is 0. The van der Waals surface area contributed by atoms with Crippen LogP contribution >= 0.6 is 0 Å². The molecule has 5 rings (SSSR count). The monoisotopic (exact) mass is 524 g/mol. The second-order valence-corrected chi connectivity index (χ2v) is 8.63. The van der Waals surface area contributed by atoms with Crippen molar-refractivity contribution in [3.8, 4) is 11.3 Å². The topological polar surface area (TPSA) is 116 Å². The molecular formula is C25H20F4N8O. The van der Waals surface area contributed by atoms with E-state index in [0.717, 1.165) is 46.9 Å². The van der Waals surface area contributed by atoms with Crippen LogP contribution < -0.4 is 11.1 Å². The number of benzene rings is 1. The standard InChI is InChI=1S/C25H20F4N8O/c1-13-7-19(37-21(13)23(30)32-11-34-37)16-8-18(14(2)31-9-16)24(38)35-20-10-36(12-33-20)22(25(27,28)29)15-3-5-17(26)6-4-15/h3-12,22H,1-2H3,(H,35,38)(H2,30,32,34). The molecule has 0 aliphatic heterocycles. The number of aromatic nitrogens is 6. The molecule has 1 atom stereocenters. The van der Waals surface area contributed by atoms with Crippen molar-refractivity contribution in [1.82, 2.24) is 29.1 Å². The number of fused-ring (bicyclic) bond motifs is 1. The van der Waals surface area contributed by atoms with Crippen LogP contribution in [0, 0.1) is 19.7 Å². The van der Waals surface area contributed by atoms with Crippen LogP contribution in [0.15, 0.2) is 61.4 Å². The summed E-state index contributed by atoms with van der Waals surface area (Å²) in [6.07, 6.45) is 0.224. The first-order chi connectivity index (χ1) is 18.0. The Hall–Kier alpha value is -4.81. The number of aryl methyl sites for hydroxylation is 2. The number of carbonyl (C=O) groups is 1. The number of hydrogen-bond donors (Lipinski definition) is 2. The molecule has 0 aliphatic carbocycles. The van der Waals surface area contributed by atoms with Crippen molar-refractivity contribution in [1.29, 1.82) is 0 Å². The zero-order valence-corrected chi connectivity index (χ0v) is 20.0. The Bertz CT molecular complexity index is 1660. The number of pyridine rings is 1. The minimum absolute atomic E-state index is 0.0966. The number of alkyl halides is 3. The number of nitrogens with zero attached hydrogens (tertiary/aromatic N) is 6. The highest BCUT2D eigenvalue weighted by Gasteiger charge is 2.42. The lowest BCUT2D eigenvalue weighted by Gasteiger charge is -2.21. The normalized spacial score (nSPS) is 12.6. The summed E-state index contributed by atoms with van der Waals surface area (Å²) in [5.74, 6) is -1.06. The van der Waals surface area contributed by atoms with Crippen molar-refractivity contribution < 1.29 is 22.4 Å². The molecule has 0 fully saturated rings. The van der Waals surface area contributed by atoms with Gasteiger partial charge < -0.3 is 15.6 Å². The number of nitrogens with one attached hydrogen (secondary N) is 1. The number of nitrogens with two attached hydrogens (primary N) is 1. The Balaban J connectivity index is 1.44. The molecular weight excluding hydrogens is 504 g/mol. The van der Waals surface area contributed by atoms with Gasteiger partial charge in [-0.15, -0.1) is 0 Å². The Morgan fingerprint density at radius 3 is 2.53 bits per heavy atom. The smallest absolute Gasteiger partial charge is 0.382 e. The largest absolute Gasteiger partial charge is 0.413 e. The Morgan fingerprint density at radius 1 is 1.08 bits per heavy atom. The molecule has 1 amide bonds. The molecule has 1 aromatic carbocycles. The van der Waals surface area contributed by atoms with Gasteiger partial charge in [-0.3, -0.25) is 9.78 Å². The highest BCUT2D eigenvalue weighted by atomic mass is 19.4. The van der Waals surface area contributed by atoms with E-state index >= 15 is 0 Å². The molecule has 1 unspecified atom stereocenters. The lowest BCUT2D eigenvalue weighted by atomic mass is 10.1. The molecule has 0 radical (unpaired) electrons. The summed E-state index contributed by atoms with van der Waals surface area (Å²) in [5.41, 5.74) is 9.05. The molecule has 0 saturated carbocycles. The zero-order chi connectivity index (χ0) is 27.2. The predicted octanol–water partition coefficient (Wildman–Crippen LogP) is 4.73. The zero-order valence-electron chi connectivity index (χ0n) is 20.0. The third kappa shape index (κ3) is 4.53. The molecule has 3 N–H and O–H groups in total. The number of imidazole rings is 1. The van der Waals surface area contributed by atoms with Crippen LogP contribution in [0.4, 0.5) is 29.2 Å². The van der Waals surface area contributed by atoms with Crippen LogP contribution in [-0.2, 0) is 0 Å². The molecule has 0 spiro atoms. The molecule has 4 aromatic heterocycles. The molecule has 4 heterocycles. The molecule has 194 valence electrons. The fourth-order valence-electron chi connectivity index (χ4n) is 4.26. The van der Waals surface area contributed by atoms with Crippen molar-refractivity contribution in [2.45, 2.75) is 26.1 Å². The van der Waals surface area contributed by atoms with E-state index in [4.69, 9.17) is 5.73 Å². The third-order valence-corrected chi connectivity index (χ3v) is 6.04. The summed E-state index contributed by atoms with van der Waals surface area (Å²) < 4.78 is 57.3. The lowest BCUT2D eigenvalue weighted by Crippen LogP contribution is -2.26. The average molecular weight is 524 g/mol. The van der Waals surface area contributed by atoms with E-state index in [1.165, 1.54) is 6.33 Å². The van der Waals surface area contributed by atoms with E-state index in [-0.39, 0.29) is 16.9 Å². The highest BCUT2D eigenvalue weighted by molar-refractivity contribution is 6.05. The SMILES string of the molecule is Cc1ncc(-c2cc(C)c3c(N)ncnn23)cc1C(=O)Nc1cn(C(c2ccc(F)cc2)C(F)(F)F)cn1. The second kappa shape index (κ2) is 9.25. The van der Waals surface area contributed by atoms with E-state index in [2.05, 4.69) is 25.4 Å². The number of hydrogen-bond acceptors (Lipinski definition) is 6. The summed E-state index contributed by atoms with van der Waals surface area (Å²) in [4.78, 5) is 25.4. The van der Waals surface area contributed by atoms with Crippen molar-refractivity contribution in [2.24, 2.45) is 0 Å². The van der Waals surface area contributed by atoms with E-state index in [0.29, 0.717) is 28.3 Å². The number of anilines is 2. The van der Waals surface area contributed by atoms with Gasteiger partial charge in [0, 0.05) is 18.0 Å². The lowest BCUT2D eigenvalue weighted by molar-refractivity contribution is -0.156. The van der Waals surface area contributed by atoms with Gasteiger partial charge in [-0.2, -0.15) is 18.3 Å². The van der Waals surface area contributed by atoms with Crippen LogP contribution in [-0.4, -0.2) is 41.2 Å². The quantitative estimate of drug-likeness (QED) is 0.321. The molecule has 0 bridgehead atoms. The van der Waals surface area contributed by atoms with E-state index in [1.807, 2.05) is 13.0 Å². The number of amides is 1. The van der Waals surface area contributed by atoms with Crippen molar-refractivity contribution in [2.75, 3.05) is 11.1 Å². The van der Waals surface area contributed by atoms with Gasteiger partial charge in [-0.25, -0.2) is 18.9 Å². The van der Waals surface area contributed by atoms with Crippen LogP contribution in [0.3, 0.4) is 0 Å². The van der Waals surface area contributed by atoms with Gasteiger partial charge in [-0.05, 0) is 49.2 Å². The van der Waals surface area contributed by atoms with Gasteiger partial charge in [0.05, 0.1) is 23.3 Å². The van der Waals surface area contributed by atoms with Crippen LogP contribution in [0.25, 0.3) is 16.8 Å². The molecule has 13 heteroatoms. The molecule has 5 aromatic rings. The predicted molar refractivity (Wildman–Crippen MR) is 131 cm³/mol. The third-order valence-electron chi connectivity index (χ3n) is 6.04. The van der Waals surface area contributed by atoms with Gasteiger partial charge in [0.15, 0.2) is 17.7 Å². The number of halogens is 4. The first kappa shape index (κ1) is 24.9. The van der Waals surface area contributed by atoms with E-state index in [1.54, 1.807) is 23.7 Å². The fraction of sp³-hybridized carbons (Fsp3) is 0.160. The van der Waals surface area contributed by atoms with E-state index < -0.39 is 23.9 Å². The Kier molecular flexibility index (Phi) is 6.05. The second-order valence-electron chi connectivity index (χ2n) is 8.63. The van der Waals surface area contributed by atoms with Crippen molar-refractivity contribution in [3.63, 3.8) is 0 Å². The van der Waals surface area contributed by atoms with Crippen LogP contribution in [0.2, 0.25) is 0 Å². The Labute approximate surface area is 213 Å². The summed E-state index contributed by atoms with van der Waals surface area (Å²) in [7, 11) is 0. The maximum Gasteiger partial charge on any atom is 0.413 e. The number of nitrogen functional groups attached to an aromatic ring is 1. The maximum absolute atomic E-state index is 13.9. The average Bonchev–Trinajstić information content (AvgIpc) is 3.44. The van der Waals surface area contributed by atoms with Gasteiger partial charge in [0.25, 0.3) is 5.91 Å². The Morgan fingerprint density at radius 2 is 1.82 bits per heavy atom. The first-order valence-corrected chi connectivity index (χ1v) is 11.3. The molecule has 38 heavy (non-hydrogen) atoms. The summed E-state index contributed by atoms with van der Waals surface area (Å²) in [6, 6.07) is 5.33. The first-order valence-electron chi connectivity index (χ1n) is 11.3. The summed E-state index contributed by atoms with van der Waals surface area (Å²) in [5, 5.41) is 6.77. The fourth-order valence-corrected chi connectivity index (χ4v) is 4.26. The minimum atomic E-state index is -4.69. The van der Waals surface area contributed by atoms with E-state index in [9.17, 15) is 22.4 Å². The minimum Gasteiger partial charge on any atom is -0.382 e. The van der Waals surface area contributed by atoms with Crippen LogP contribution in [0.5, 0.6) is 0 Å². The molecule has 0 saturated heterocycles. The van der Waals surface area contributed by atoms with Gasteiger partial charge in [0.1, 0.15) is 17.7 Å². The van der Waals surface area contributed by atoms with Gasteiger partial charge in [-0.1, -0.05) is 12.1 Å².